The Morgan fingerprint density at radius 1 is 1.50 bits per heavy atom. The standard InChI is InChI=1S/C6H10O2/c1-5-3-7-6(2)8-4-5/h6H,1,3-4H2,2H3. The van der Waals surface area contributed by atoms with Gasteiger partial charge in [-0.2, -0.15) is 0 Å². The molecule has 2 heteroatoms. The van der Waals surface area contributed by atoms with Gasteiger partial charge in [0.25, 0.3) is 0 Å². The Morgan fingerprint density at radius 2 is 2.00 bits per heavy atom. The van der Waals surface area contributed by atoms with Gasteiger partial charge in [0.05, 0.1) is 13.2 Å². The van der Waals surface area contributed by atoms with Crippen LogP contribution in [0.1, 0.15) is 6.92 Å². The average molecular weight is 114 g/mol. The lowest BCUT2D eigenvalue weighted by Gasteiger charge is -2.20. The summed E-state index contributed by atoms with van der Waals surface area (Å²) in [5, 5.41) is 0. The van der Waals surface area contributed by atoms with Crippen molar-refractivity contribution in [2.45, 2.75) is 13.2 Å². The first-order valence-electron chi connectivity index (χ1n) is 2.69. The van der Waals surface area contributed by atoms with E-state index in [-0.39, 0.29) is 6.29 Å². The Labute approximate surface area is 49.1 Å². The summed E-state index contributed by atoms with van der Waals surface area (Å²) >= 11 is 0. The van der Waals surface area contributed by atoms with E-state index in [0.29, 0.717) is 13.2 Å². The third-order valence-corrected chi connectivity index (χ3v) is 1.04. The Morgan fingerprint density at radius 3 is 2.38 bits per heavy atom. The molecule has 0 saturated carbocycles. The Hall–Kier alpha value is -0.340. The van der Waals surface area contributed by atoms with Crippen LogP contribution in [0.3, 0.4) is 0 Å². The zero-order valence-electron chi connectivity index (χ0n) is 5.02. The van der Waals surface area contributed by atoms with Gasteiger partial charge >= 0.3 is 0 Å². The highest BCUT2D eigenvalue weighted by Crippen LogP contribution is 2.06. The number of hydrogen-bond acceptors (Lipinski definition) is 2. The zero-order valence-corrected chi connectivity index (χ0v) is 5.02. The molecule has 0 aromatic carbocycles. The summed E-state index contributed by atoms with van der Waals surface area (Å²) in [5.41, 5.74) is 1.02. The first kappa shape index (κ1) is 5.79. The van der Waals surface area contributed by atoms with Crippen LogP contribution in [0, 0.1) is 0 Å². The highest BCUT2D eigenvalue weighted by atomic mass is 16.7. The molecule has 1 fully saturated rings. The molecule has 0 bridgehead atoms. The van der Waals surface area contributed by atoms with Gasteiger partial charge < -0.3 is 9.47 Å². The molecule has 46 valence electrons. The highest BCUT2D eigenvalue weighted by molar-refractivity contribution is 4.95. The second kappa shape index (κ2) is 2.29. The molecule has 8 heavy (non-hydrogen) atoms. The molecule has 0 aliphatic carbocycles. The lowest BCUT2D eigenvalue weighted by molar-refractivity contribution is -0.144. The molecular formula is C6H10O2. The van der Waals surface area contributed by atoms with Crippen LogP contribution < -0.4 is 0 Å². The predicted octanol–water partition coefficient (Wildman–Crippen LogP) is 0.935. The van der Waals surface area contributed by atoms with E-state index in [9.17, 15) is 0 Å². The fourth-order valence-corrected chi connectivity index (χ4v) is 0.560. The van der Waals surface area contributed by atoms with Gasteiger partial charge in [-0.1, -0.05) is 6.58 Å². The van der Waals surface area contributed by atoms with E-state index < -0.39 is 0 Å². The molecule has 1 heterocycles. The summed E-state index contributed by atoms with van der Waals surface area (Å²) in [7, 11) is 0. The van der Waals surface area contributed by atoms with Crippen molar-refractivity contribution in [3.8, 4) is 0 Å². The maximum Gasteiger partial charge on any atom is 0.155 e. The molecule has 0 aromatic heterocycles. The summed E-state index contributed by atoms with van der Waals surface area (Å²) in [4.78, 5) is 0. The molecule has 2 nitrogen and oxygen atoms in total. The van der Waals surface area contributed by atoms with Gasteiger partial charge in [-0.25, -0.2) is 0 Å². The second-order valence-corrected chi connectivity index (χ2v) is 1.94. The van der Waals surface area contributed by atoms with Crippen LogP contribution in [0.15, 0.2) is 12.2 Å². The Balaban J connectivity index is 2.29. The molecular weight excluding hydrogens is 104 g/mol. The smallest absolute Gasteiger partial charge is 0.155 e. The fourth-order valence-electron chi connectivity index (χ4n) is 0.560. The summed E-state index contributed by atoms with van der Waals surface area (Å²) in [6, 6.07) is 0. The topological polar surface area (TPSA) is 18.5 Å². The van der Waals surface area contributed by atoms with E-state index in [0.717, 1.165) is 5.57 Å². The lowest BCUT2D eigenvalue weighted by atomic mass is 10.3. The van der Waals surface area contributed by atoms with Crippen LogP contribution in [-0.4, -0.2) is 19.5 Å². The largest absolute Gasteiger partial charge is 0.349 e. The maximum absolute atomic E-state index is 5.07. The van der Waals surface area contributed by atoms with Gasteiger partial charge in [0, 0.05) is 0 Å². The quantitative estimate of drug-likeness (QED) is 0.436. The summed E-state index contributed by atoms with van der Waals surface area (Å²) in [6.45, 7) is 6.89. The van der Waals surface area contributed by atoms with Gasteiger partial charge in [0.2, 0.25) is 0 Å². The SMILES string of the molecule is C=C1COC(C)OC1. The minimum Gasteiger partial charge on any atom is -0.349 e. The molecule has 0 spiro atoms. The normalized spacial score (nSPS) is 23.9. The summed E-state index contributed by atoms with van der Waals surface area (Å²) in [5.74, 6) is 0. The molecule has 0 unspecified atom stereocenters. The van der Waals surface area contributed by atoms with Crippen molar-refractivity contribution in [2.75, 3.05) is 13.2 Å². The van der Waals surface area contributed by atoms with Crippen molar-refractivity contribution in [3.63, 3.8) is 0 Å². The van der Waals surface area contributed by atoms with Gasteiger partial charge in [-0.15, -0.1) is 0 Å². The van der Waals surface area contributed by atoms with Gasteiger partial charge in [0.1, 0.15) is 0 Å². The van der Waals surface area contributed by atoms with Crippen LogP contribution in [0.2, 0.25) is 0 Å². The number of hydrogen-bond donors (Lipinski definition) is 0. The van der Waals surface area contributed by atoms with E-state index in [2.05, 4.69) is 6.58 Å². The summed E-state index contributed by atoms with van der Waals surface area (Å²) < 4.78 is 10.1. The molecule has 0 N–H and O–H groups in total. The average Bonchev–Trinajstić information content (AvgIpc) is 1.77. The van der Waals surface area contributed by atoms with E-state index in [1.165, 1.54) is 0 Å². The van der Waals surface area contributed by atoms with Crippen molar-refractivity contribution in [1.82, 2.24) is 0 Å². The fraction of sp³-hybridized carbons (Fsp3) is 0.667. The van der Waals surface area contributed by atoms with Crippen molar-refractivity contribution < 1.29 is 9.47 Å². The van der Waals surface area contributed by atoms with Gasteiger partial charge in [0.15, 0.2) is 6.29 Å². The molecule has 0 amide bonds. The van der Waals surface area contributed by atoms with Crippen molar-refractivity contribution >= 4 is 0 Å². The van der Waals surface area contributed by atoms with Crippen LogP contribution in [0.25, 0.3) is 0 Å². The molecule has 0 radical (unpaired) electrons. The third kappa shape index (κ3) is 1.32. The minimum absolute atomic E-state index is 0.0412. The van der Waals surface area contributed by atoms with Crippen molar-refractivity contribution in [3.05, 3.63) is 12.2 Å². The van der Waals surface area contributed by atoms with E-state index in [1.54, 1.807) is 0 Å². The van der Waals surface area contributed by atoms with Crippen LogP contribution in [0.5, 0.6) is 0 Å². The molecule has 1 aliphatic heterocycles. The van der Waals surface area contributed by atoms with E-state index in [4.69, 9.17) is 9.47 Å². The number of ether oxygens (including phenoxy) is 2. The van der Waals surface area contributed by atoms with Gasteiger partial charge in [-0.3, -0.25) is 0 Å². The first-order chi connectivity index (χ1) is 3.79. The molecule has 1 aliphatic rings. The maximum atomic E-state index is 5.07. The molecule has 1 rings (SSSR count). The van der Waals surface area contributed by atoms with Crippen LogP contribution in [-0.2, 0) is 9.47 Å². The minimum atomic E-state index is -0.0412. The second-order valence-electron chi connectivity index (χ2n) is 1.94. The lowest BCUT2D eigenvalue weighted by Crippen LogP contribution is -2.23. The van der Waals surface area contributed by atoms with Crippen molar-refractivity contribution in [2.24, 2.45) is 0 Å². The first-order valence-corrected chi connectivity index (χ1v) is 2.69. The Kier molecular flexibility index (Phi) is 1.65. The molecule has 1 saturated heterocycles. The van der Waals surface area contributed by atoms with Crippen molar-refractivity contribution in [1.29, 1.82) is 0 Å². The monoisotopic (exact) mass is 114 g/mol. The van der Waals surface area contributed by atoms with Crippen LogP contribution in [0.4, 0.5) is 0 Å². The predicted molar refractivity (Wildman–Crippen MR) is 30.5 cm³/mol. The molecule has 0 atom stereocenters. The van der Waals surface area contributed by atoms with E-state index in [1.807, 2.05) is 6.92 Å². The highest BCUT2D eigenvalue weighted by Gasteiger charge is 2.09. The zero-order chi connectivity index (χ0) is 5.98. The van der Waals surface area contributed by atoms with Crippen LogP contribution >= 0.6 is 0 Å². The molecule has 0 aromatic rings. The Bertz CT molecular complexity index is 88.7. The van der Waals surface area contributed by atoms with Gasteiger partial charge in [-0.05, 0) is 12.5 Å². The third-order valence-electron chi connectivity index (χ3n) is 1.04. The number of rotatable bonds is 0. The summed E-state index contributed by atoms with van der Waals surface area (Å²) in [6.07, 6.45) is -0.0412. The van der Waals surface area contributed by atoms with E-state index >= 15 is 0 Å².